The zero-order chi connectivity index (χ0) is 20.6. The summed E-state index contributed by atoms with van der Waals surface area (Å²) in [4.78, 5) is 9.20. The number of nitrogens with zero attached hydrogens (tertiary/aromatic N) is 3. The SMILES string of the molecule is c1ccc2cc(Oc3ccc(Nc4nccn5c(C6CCC6)ncc45)cc3)ccc2c1. The normalized spacial score (nSPS) is 13.9. The molecule has 0 aliphatic heterocycles. The van der Waals surface area contributed by atoms with Crippen LogP contribution in [0.25, 0.3) is 16.3 Å². The van der Waals surface area contributed by atoms with Crippen LogP contribution in [-0.4, -0.2) is 14.4 Å². The van der Waals surface area contributed by atoms with Crippen molar-refractivity contribution in [3.05, 3.63) is 91.1 Å². The highest BCUT2D eigenvalue weighted by atomic mass is 16.5. The minimum Gasteiger partial charge on any atom is -0.457 e. The van der Waals surface area contributed by atoms with Crippen molar-refractivity contribution in [2.45, 2.75) is 25.2 Å². The van der Waals surface area contributed by atoms with Crippen LogP contribution in [0.5, 0.6) is 11.5 Å². The van der Waals surface area contributed by atoms with E-state index in [9.17, 15) is 0 Å². The molecule has 2 heterocycles. The lowest BCUT2D eigenvalue weighted by atomic mass is 9.85. The number of aromatic nitrogens is 3. The van der Waals surface area contributed by atoms with Crippen molar-refractivity contribution < 1.29 is 4.74 Å². The van der Waals surface area contributed by atoms with E-state index in [0.29, 0.717) is 5.92 Å². The lowest BCUT2D eigenvalue weighted by molar-refractivity contribution is 0.400. The molecule has 5 nitrogen and oxygen atoms in total. The van der Waals surface area contributed by atoms with Crippen LogP contribution >= 0.6 is 0 Å². The summed E-state index contributed by atoms with van der Waals surface area (Å²) >= 11 is 0. The minimum atomic E-state index is 0.573. The molecule has 3 aromatic carbocycles. The molecule has 1 aliphatic carbocycles. The smallest absolute Gasteiger partial charge is 0.156 e. The molecule has 0 bridgehead atoms. The standard InChI is InChI=1S/C26H22N4O/c1-2-5-20-16-23(11-8-18(20)4-1)31-22-12-9-21(10-13-22)29-25-24-17-28-26(19-6-3-7-19)30(24)15-14-27-25/h1-2,4-5,8-17,19H,3,6-7H2,(H,27,29). The number of rotatable bonds is 5. The molecule has 152 valence electrons. The molecule has 2 aromatic heterocycles. The van der Waals surface area contributed by atoms with Crippen molar-refractivity contribution in [1.29, 1.82) is 0 Å². The molecule has 1 aliphatic rings. The highest BCUT2D eigenvalue weighted by molar-refractivity contribution is 5.83. The number of imidazole rings is 1. The van der Waals surface area contributed by atoms with Gasteiger partial charge < -0.3 is 10.1 Å². The maximum absolute atomic E-state index is 6.05. The van der Waals surface area contributed by atoms with E-state index >= 15 is 0 Å². The van der Waals surface area contributed by atoms with E-state index in [-0.39, 0.29) is 0 Å². The van der Waals surface area contributed by atoms with Crippen molar-refractivity contribution in [1.82, 2.24) is 14.4 Å². The van der Waals surface area contributed by atoms with Crippen molar-refractivity contribution in [3.63, 3.8) is 0 Å². The number of hydrogen-bond acceptors (Lipinski definition) is 4. The molecular weight excluding hydrogens is 384 g/mol. The van der Waals surface area contributed by atoms with Crippen LogP contribution < -0.4 is 10.1 Å². The predicted molar refractivity (Wildman–Crippen MR) is 123 cm³/mol. The van der Waals surface area contributed by atoms with Gasteiger partial charge in [-0.25, -0.2) is 9.97 Å². The van der Waals surface area contributed by atoms with Gasteiger partial charge in [0.15, 0.2) is 5.82 Å². The van der Waals surface area contributed by atoms with Gasteiger partial charge in [0.2, 0.25) is 0 Å². The molecular formula is C26H22N4O. The Balaban J connectivity index is 1.21. The van der Waals surface area contributed by atoms with Crippen molar-refractivity contribution in [2.24, 2.45) is 0 Å². The summed E-state index contributed by atoms with van der Waals surface area (Å²) in [6, 6.07) is 22.4. The highest BCUT2D eigenvalue weighted by Gasteiger charge is 2.24. The van der Waals surface area contributed by atoms with Crippen molar-refractivity contribution in [2.75, 3.05) is 5.32 Å². The second-order valence-electron chi connectivity index (χ2n) is 8.04. The van der Waals surface area contributed by atoms with Gasteiger partial charge in [-0.15, -0.1) is 0 Å². The number of nitrogens with one attached hydrogen (secondary N) is 1. The van der Waals surface area contributed by atoms with Gasteiger partial charge in [-0.05, 0) is 60.0 Å². The first kappa shape index (κ1) is 18.0. The minimum absolute atomic E-state index is 0.573. The average Bonchev–Trinajstić information content (AvgIpc) is 3.19. The molecule has 0 unspecified atom stereocenters. The lowest BCUT2D eigenvalue weighted by Gasteiger charge is -2.24. The van der Waals surface area contributed by atoms with E-state index in [2.05, 4.69) is 44.0 Å². The van der Waals surface area contributed by atoms with Gasteiger partial charge in [-0.3, -0.25) is 4.40 Å². The van der Waals surface area contributed by atoms with E-state index in [1.165, 1.54) is 30.0 Å². The summed E-state index contributed by atoms with van der Waals surface area (Å²) < 4.78 is 8.22. The molecule has 5 heteroatoms. The first-order chi connectivity index (χ1) is 15.3. The molecule has 1 N–H and O–H groups in total. The largest absolute Gasteiger partial charge is 0.457 e. The first-order valence-corrected chi connectivity index (χ1v) is 10.7. The number of anilines is 2. The molecule has 31 heavy (non-hydrogen) atoms. The number of fused-ring (bicyclic) bond motifs is 2. The number of benzene rings is 3. The fourth-order valence-electron chi connectivity index (χ4n) is 4.12. The van der Waals surface area contributed by atoms with Crippen LogP contribution in [0, 0.1) is 0 Å². The molecule has 0 saturated heterocycles. The van der Waals surface area contributed by atoms with Gasteiger partial charge in [-0.2, -0.15) is 0 Å². The first-order valence-electron chi connectivity index (χ1n) is 10.7. The number of hydrogen-bond donors (Lipinski definition) is 1. The molecule has 1 fully saturated rings. The van der Waals surface area contributed by atoms with E-state index in [1.807, 2.05) is 61.1 Å². The van der Waals surface area contributed by atoms with E-state index in [0.717, 1.165) is 34.3 Å². The van der Waals surface area contributed by atoms with E-state index < -0.39 is 0 Å². The third-order valence-electron chi connectivity index (χ3n) is 6.03. The Bertz CT molecular complexity index is 1370. The fraction of sp³-hybridized carbons (Fsp3) is 0.154. The lowest BCUT2D eigenvalue weighted by Crippen LogP contribution is -2.12. The van der Waals surface area contributed by atoms with Gasteiger partial charge in [0.05, 0.1) is 6.20 Å². The monoisotopic (exact) mass is 406 g/mol. The van der Waals surface area contributed by atoms with Crippen LogP contribution in [0.1, 0.15) is 31.0 Å². The maximum atomic E-state index is 6.05. The van der Waals surface area contributed by atoms with Crippen LogP contribution in [0.15, 0.2) is 85.3 Å². The third kappa shape index (κ3) is 3.38. The van der Waals surface area contributed by atoms with Crippen LogP contribution in [0.3, 0.4) is 0 Å². The summed E-state index contributed by atoms with van der Waals surface area (Å²) in [5.74, 6) is 4.15. The third-order valence-corrected chi connectivity index (χ3v) is 6.03. The Morgan fingerprint density at radius 1 is 0.871 bits per heavy atom. The second kappa shape index (κ2) is 7.43. The Hall–Kier alpha value is -3.86. The predicted octanol–water partition coefficient (Wildman–Crippen LogP) is 6.69. The molecule has 0 amide bonds. The summed E-state index contributed by atoms with van der Waals surface area (Å²) in [5.41, 5.74) is 1.96. The summed E-state index contributed by atoms with van der Waals surface area (Å²) in [6.45, 7) is 0. The van der Waals surface area contributed by atoms with Gasteiger partial charge in [-0.1, -0.05) is 36.8 Å². The fourth-order valence-corrected chi connectivity index (χ4v) is 4.12. The zero-order valence-corrected chi connectivity index (χ0v) is 17.0. The van der Waals surface area contributed by atoms with Crippen molar-refractivity contribution >= 4 is 27.8 Å². The Morgan fingerprint density at radius 2 is 1.68 bits per heavy atom. The molecule has 5 aromatic rings. The highest BCUT2D eigenvalue weighted by Crippen LogP contribution is 2.36. The van der Waals surface area contributed by atoms with Gasteiger partial charge in [0.25, 0.3) is 0 Å². The second-order valence-corrected chi connectivity index (χ2v) is 8.04. The average molecular weight is 406 g/mol. The quantitative estimate of drug-likeness (QED) is 0.353. The molecule has 0 spiro atoms. The summed E-state index contributed by atoms with van der Waals surface area (Å²) in [6.07, 6.45) is 9.49. The maximum Gasteiger partial charge on any atom is 0.156 e. The molecule has 1 saturated carbocycles. The van der Waals surface area contributed by atoms with E-state index in [1.54, 1.807) is 0 Å². The number of ether oxygens (including phenoxy) is 1. The molecule has 0 atom stereocenters. The summed E-state index contributed by atoms with van der Waals surface area (Å²) in [5, 5.41) is 5.79. The van der Waals surface area contributed by atoms with Gasteiger partial charge >= 0.3 is 0 Å². The Kier molecular flexibility index (Phi) is 4.31. The van der Waals surface area contributed by atoms with Crippen LogP contribution in [0.4, 0.5) is 11.5 Å². The van der Waals surface area contributed by atoms with Crippen LogP contribution in [0.2, 0.25) is 0 Å². The van der Waals surface area contributed by atoms with Gasteiger partial charge in [0.1, 0.15) is 22.8 Å². The Morgan fingerprint density at radius 3 is 2.48 bits per heavy atom. The zero-order valence-electron chi connectivity index (χ0n) is 17.0. The van der Waals surface area contributed by atoms with E-state index in [4.69, 9.17) is 4.74 Å². The van der Waals surface area contributed by atoms with Gasteiger partial charge in [0, 0.05) is 24.0 Å². The molecule has 0 radical (unpaired) electrons. The van der Waals surface area contributed by atoms with Crippen molar-refractivity contribution in [3.8, 4) is 11.5 Å². The summed E-state index contributed by atoms with van der Waals surface area (Å²) in [7, 11) is 0. The van der Waals surface area contributed by atoms with Crippen LogP contribution in [-0.2, 0) is 0 Å². The Labute approximate surface area is 180 Å². The molecule has 6 rings (SSSR count). The topological polar surface area (TPSA) is 51.5 Å².